The lowest BCUT2D eigenvalue weighted by molar-refractivity contribution is -0.130. The van der Waals surface area contributed by atoms with Crippen molar-refractivity contribution in [2.24, 2.45) is 0 Å². The van der Waals surface area contributed by atoms with Gasteiger partial charge in [0.2, 0.25) is 5.78 Å². The molecule has 0 saturated heterocycles. The van der Waals surface area contributed by atoms with Gasteiger partial charge < -0.3 is 4.74 Å². The maximum atomic E-state index is 11.6. The van der Waals surface area contributed by atoms with Gasteiger partial charge in [-0.1, -0.05) is 24.1 Å². The fraction of sp³-hybridized carbons (Fsp3) is 0.308. The summed E-state index contributed by atoms with van der Waals surface area (Å²) in [7, 11) is 1.50. The van der Waals surface area contributed by atoms with Crippen molar-refractivity contribution in [3.63, 3.8) is 0 Å². The molecule has 0 spiro atoms. The number of hydrogen-bond acceptors (Lipinski definition) is 2. The molecule has 1 rings (SSSR count). The number of benzene rings is 1. The molecule has 0 aliphatic carbocycles. The number of Topliss-reactive ketones (excluding diaryl/α,β-unsaturated/α-hetero) is 1. The molecular weight excluding hydrogens is 188 g/mol. The van der Waals surface area contributed by atoms with Crippen molar-refractivity contribution in [2.45, 2.75) is 19.4 Å². The molecule has 0 unspecified atom stereocenters. The lowest BCUT2D eigenvalue weighted by Gasteiger charge is -2.17. The Morgan fingerprint density at radius 1 is 1.27 bits per heavy atom. The van der Waals surface area contributed by atoms with Gasteiger partial charge >= 0.3 is 0 Å². The van der Waals surface area contributed by atoms with Gasteiger partial charge in [-0.15, -0.1) is 0 Å². The highest BCUT2D eigenvalue weighted by Gasteiger charge is 2.24. The van der Waals surface area contributed by atoms with Crippen molar-refractivity contribution in [2.75, 3.05) is 7.11 Å². The first-order valence-corrected chi connectivity index (χ1v) is 4.73. The summed E-state index contributed by atoms with van der Waals surface area (Å²) in [5, 5.41) is 0. The number of ketones is 1. The van der Waals surface area contributed by atoms with Gasteiger partial charge in [0.15, 0.2) is 0 Å². The quantitative estimate of drug-likeness (QED) is 0.686. The zero-order chi connectivity index (χ0) is 11.3. The third-order valence-corrected chi connectivity index (χ3v) is 2.15. The van der Waals surface area contributed by atoms with Gasteiger partial charge in [-0.25, -0.2) is 0 Å². The molecule has 2 nitrogen and oxygen atoms in total. The number of carbonyl (C=O) groups excluding carboxylic acids is 1. The summed E-state index contributed by atoms with van der Waals surface area (Å²) in [6.45, 7) is 3.41. The van der Waals surface area contributed by atoms with Gasteiger partial charge in [-0.05, 0) is 31.9 Å². The molecule has 1 aromatic rings. The van der Waals surface area contributed by atoms with Gasteiger partial charge in [0.1, 0.15) is 5.60 Å². The minimum absolute atomic E-state index is 0.214. The molecule has 0 aliphatic rings. The monoisotopic (exact) mass is 202 g/mol. The Bertz CT molecular complexity index is 394. The van der Waals surface area contributed by atoms with E-state index in [1.165, 1.54) is 7.11 Å². The summed E-state index contributed by atoms with van der Waals surface area (Å²) in [5.41, 5.74) is -0.000314. The lowest BCUT2D eigenvalue weighted by Crippen LogP contribution is -2.32. The fourth-order valence-corrected chi connectivity index (χ4v) is 0.894. The summed E-state index contributed by atoms with van der Waals surface area (Å²) in [6, 6.07) is 9.40. The molecule has 0 amide bonds. The fourth-order valence-electron chi connectivity index (χ4n) is 0.894. The van der Waals surface area contributed by atoms with Crippen LogP contribution in [-0.4, -0.2) is 18.5 Å². The standard InChI is InChI=1S/C13H14O2/c1-13(2,15-3)12(14)10-9-11-7-5-4-6-8-11/h4-8H,1-3H3. The van der Waals surface area contributed by atoms with Gasteiger partial charge in [0, 0.05) is 12.7 Å². The molecule has 1 aromatic carbocycles. The molecule has 0 bridgehead atoms. The van der Waals surface area contributed by atoms with Crippen LogP contribution in [0.5, 0.6) is 0 Å². The molecule has 0 atom stereocenters. The average Bonchev–Trinajstić information content (AvgIpc) is 2.27. The summed E-state index contributed by atoms with van der Waals surface area (Å²) in [4.78, 5) is 11.6. The van der Waals surface area contributed by atoms with E-state index < -0.39 is 5.60 Å². The predicted octanol–water partition coefficient (Wildman–Crippen LogP) is 2.03. The summed E-state index contributed by atoms with van der Waals surface area (Å²) >= 11 is 0. The Morgan fingerprint density at radius 3 is 2.40 bits per heavy atom. The van der Waals surface area contributed by atoms with E-state index in [4.69, 9.17) is 4.74 Å². The maximum absolute atomic E-state index is 11.6. The van der Waals surface area contributed by atoms with Crippen LogP contribution in [0.3, 0.4) is 0 Å². The van der Waals surface area contributed by atoms with Crippen LogP contribution in [0.4, 0.5) is 0 Å². The van der Waals surface area contributed by atoms with Crippen LogP contribution >= 0.6 is 0 Å². The molecule has 0 fully saturated rings. The third kappa shape index (κ3) is 3.23. The molecule has 0 N–H and O–H groups in total. The normalized spacial score (nSPS) is 10.3. The zero-order valence-corrected chi connectivity index (χ0v) is 9.20. The second kappa shape index (κ2) is 4.77. The van der Waals surface area contributed by atoms with E-state index in [-0.39, 0.29) is 5.78 Å². The van der Waals surface area contributed by atoms with Gasteiger partial charge in [-0.2, -0.15) is 0 Å². The molecule has 0 aromatic heterocycles. The van der Waals surface area contributed by atoms with Gasteiger partial charge in [0.05, 0.1) is 0 Å². The molecule has 15 heavy (non-hydrogen) atoms. The molecular formula is C13H14O2. The first-order chi connectivity index (χ1) is 7.06. The first-order valence-electron chi connectivity index (χ1n) is 4.73. The third-order valence-electron chi connectivity index (χ3n) is 2.15. The van der Waals surface area contributed by atoms with E-state index in [9.17, 15) is 4.79 Å². The van der Waals surface area contributed by atoms with Gasteiger partial charge in [0.25, 0.3) is 0 Å². The number of hydrogen-bond donors (Lipinski definition) is 0. The van der Waals surface area contributed by atoms with Crippen LogP contribution in [0.2, 0.25) is 0 Å². The van der Waals surface area contributed by atoms with Crippen LogP contribution in [-0.2, 0) is 9.53 Å². The van der Waals surface area contributed by atoms with E-state index >= 15 is 0 Å². The van der Waals surface area contributed by atoms with Crippen LogP contribution < -0.4 is 0 Å². The molecule has 0 saturated carbocycles. The maximum Gasteiger partial charge on any atom is 0.237 e. The Hall–Kier alpha value is -1.59. The number of carbonyl (C=O) groups is 1. The van der Waals surface area contributed by atoms with E-state index in [1.807, 2.05) is 30.3 Å². The van der Waals surface area contributed by atoms with E-state index in [0.717, 1.165) is 5.56 Å². The minimum Gasteiger partial charge on any atom is -0.370 e. The minimum atomic E-state index is -0.832. The number of rotatable bonds is 2. The van der Waals surface area contributed by atoms with E-state index in [1.54, 1.807) is 13.8 Å². The molecule has 78 valence electrons. The first kappa shape index (κ1) is 11.5. The summed E-state index contributed by atoms with van der Waals surface area (Å²) in [6.07, 6.45) is 0. The lowest BCUT2D eigenvalue weighted by atomic mass is 10.0. The van der Waals surface area contributed by atoms with Crippen molar-refractivity contribution < 1.29 is 9.53 Å². The van der Waals surface area contributed by atoms with Crippen LogP contribution in [0.1, 0.15) is 19.4 Å². The topological polar surface area (TPSA) is 26.3 Å². The SMILES string of the molecule is COC(C)(C)C(=O)C#Cc1ccccc1. The molecule has 0 aliphatic heterocycles. The predicted molar refractivity (Wildman–Crippen MR) is 59.4 cm³/mol. The second-order valence-electron chi connectivity index (χ2n) is 3.66. The van der Waals surface area contributed by atoms with E-state index in [2.05, 4.69) is 11.8 Å². The van der Waals surface area contributed by atoms with E-state index in [0.29, 0.717) is 0 Å². The van der Waals surface area contributed by atoms with Crippen molar-refractivity contribution in [1.29, 1.82) is 0 Å². The smallest absolute Gasteiger partial charge is 0.237 e. The summed E-state index contributed by atoms with van der Waals surface area (Å²) < 4.78 is 5.04. The second-order valence-corrected chi connectivity index (χ2v) is 3.66. The van der Waals surface area contributed by atoms with Crippen molar-refractivity contribution >= 4 is 5.78 Å². The molecule has 2 heteroatoms. The highest BCUT2D eigenvalue weighted by molar-refractivity contribution is 6.01. The van der Waals surface area contributed by atoms with Gasteiger partial charge in [-0.3, -0.25) is 4.79 Å². The highest BCUT2D eigenvalue weighted by atomic mass is 16.5. The average molecular weight is 202 g/mol. The van der Waals surface area contributed by atoms with Crippen LogP contribution in [0.15, 0.2) is 30.3 Å². The van der Waals surface area contributed by atoms with Crippen molar-refractivity contribution in [3.05, 3.63) is 35.9 Å². The largest absolute Gasteiger partial charge is 0.370 e. The Labute approximate surface area is 90.3 Å². The number of ether oxygens (including phenoxy) is 1. The zero-order valence-electron chi connectivity index (χ0n) is 9.20. The number of methoxy groups -OCH3 is 1. The van der Waals surface area contributed by atoms with Crippen LogP contribution in [0.25, 0.3) is 0 Å². The highest BCUT2D eigenvalue weighted by Crippen LogP contribution is 2.08. The Morgan fingerprint density at radius 2 is 1.87 bits per heavy atom. The summed E-state index contributed by atoms with van der Waals surface area (Å²) in [5.74, 6) is 5.17. The molecule has 0 radical (unpaired) electrons. The van der Waals surface area contributed by atoms with Crippen molar-refractivity contribution in [1.82, 2.24) is 0 Å². The van der Waals surface area contributed by atoms with Crippen LogP contribution in [0, 0.1) is 11.8 Å². The molecule has 0 heterocycles. The Balaban J connectivity index is 2.80. The van der Waals surface area contributed by atoms with Crippen molar-refractivity contribution in [3.8, 4) is 11.8 Å². The Kier molecular flexibility index (Phi) is 3.65.